The fourth-order valence-corrected chi connectivity index (χ4v) is 1.22. The SMILES string of the molecule is CC(O)COCC(COCC(O)CO)OCCCO. The third-order valence-electron chi connectivity index (χ3n) is 2.14. The first-order valence-corrected chi connectivity index (χ1v) is 6.45. The standard InChI is InChI=1S/C12H26O7/c1-10(15)6-17-8-12(19-4-2-3-13)9-18-7-11(16)5-14/h10-16H,2-9H2,1H3. The topological polar surface area (TPSA) is 109 Å². The van der Waals surface area contributed by atoms with Gasteiger partial charge in [-0.1, -0.05) is 0 Å². The van der Waals surface area contributed by atoms with Crippen molar-refractivity contribution in [3.63, 3.8) is 0 Å². The van der Waals surface area contributed by atoms with Crippen molar-refractivity contribution in [3.05, 3.63) is 0 Å². The highest BCUT2D eigenvalue weighted by Gasteiger charge is 2.12. The lowest BCUT2D eigenvalue weighted by molar-refractivity contribution is -0.0847. The summed E-state index contributed by atoms with van der Waals surface area (Å²) in [6, 6.07) is 0. The Hall–Kier alpha value is -0.280. The third kappa shape index (κ3) is 12.5. The Morgan fingerprint density at radius 1 is 0.947 bits per heavy atom. The van der Waals surface area contributed by atoms with Crippen molar-refractivity contribution in [2.45, 2.75) is 31.7 Å². The molecule has 0 aromatic heterocycles. The van der Waals surface area contributed by atoms with Gasteiger partial charge >= 0.3 is 0 Å². The van der Waals surface area contributed by atoms with E-state index in [1.807, 2.05) is 0 Å². The quantitative estimate of drug-likeness (QED) is 0.305. The Kier molecular flexibility index (Phi) is 12.6. The summed E-state index contributed by atoms with van der Waals surface area (Å²) in [7, 11) is 0. The van der Waals surface area contributed by atoms with Crippen LogP contribution >= 0.6 is 0 Å². The number of ether oxygens (including phenoxy) is 3. The Labute approximate surface area is 113 Å². The van der Waals surface area contributed by atoms with Crippen LogP contribution in [0.25, 0.3) is 0 Å². The lowest BCUT2D eigenvalue weighted by atomic mass is 10.3. The first-order valence-electron chi connectivity index (χ1n) is 6.45. The first kappa shape index (κ1) is 18.7. The molecule has 0 fully saturated rings. The van der Waals surface area contributed by atoms with E-state index in [1.54, 1.807) is 6.92 Å². The molecule has 0 aromatic carbocycles. The monoisotopic (exact) mass is 282 g/mol. The number of aliphatic hydroxyl groups is 4. The summed E-state index contributed by atoms with van der Waals surface area (Å²) in [5.74, 6) is 0. The third-order valence-corrected chi connectivity index (χ3v) is 2.14. The summed E-state index contributed by atoms with van der Waals surface area (Å²) in [5, 5.41) is 35.5. The van der Waals surface area contributed by atoms with Gasteiger partial charge in [0, 0.05) is 13.2 Å². The summed E-state index contributed by atoms with van der Waals surface area (Å²) in [5.41, 5.74) is 0. The Balaban J connectivity index is 3.81. The molecule has 3 atom stereocenters. The molecule has 3 unspecified atom stereocenters. The van der Waals surface area contributed by atoms with Gasteiger partial charge in [-0.25, -0.2) is 0 Å². The fourth-order valence-electron chi connectivity index (χ4n) is 1.22. The molecule has 0 aliphatic rings. The molecule has 0 spiro atoms. The van der Waals surface area contributed by atoms with E-state index in [4.69, 9.17) is 34.6 Å². The highest BCUT2D eigenvalue weighted by Crippen LogP contribution is 1.99. The zero-order valence-electron chi connectivity index (χ0n) is 11.4. The van der Waals surface area contributed by atoms with E-state index in [2.05, 4.69) is 0 Å². The summed E-state index contributed by atoms with van der Waals surface area (Å²) in [6.07, 6.45) is -1.27. The molecular formula is C12H26O7. The summed E-state index contributed by atoms with van der Waals surface area (Å²) < 4.78 is 15.9. The van der Waals surface area contributed by atoms with Crippen LogP contribution in [0.4, 0.5) is 0 Å². The van der Waals surface area contributed by atoms with Gasteiger partial charge in [-0.15, -0.1) is 0 Å². The first-order chi connectivity index (χ1) is 9.10. The highest BCUT2D eigenvalue weighted by atomic mass is 16.6. The van der Waals surface area contributed by atoms with Gasteiger partial charge < -0.3 is 34.6 Å². The van der Waals surface area contributed by atoms with Crippen LogP contribution in [0.2, 0.25) is 0 Å². The maximum atomic E-state index is 9.12. The van der Waals surface area contributed by atoms with Crippen LogP contribution in [0.15, 0.2) is 0 Å². The second-order valence-electron chi connectivity index (χ2n) is 4.33. The second kappa shape index (κ2) is 12.7. The van der Waals surface area contributed by atoms with Crippen LogP contribution in [0.3, 0.4) is 0 Å². The molecule has 0 rings (SSSR count). The number of aliphatic hydroxyl groups excluding tert-OH is 4. The number of hydrogen-bond acceptors (Lipinski definition) is 7. The van der Waals surface area contributed by atoms with Gasteiger partial charge in [0.05, 0.1) is 39.1 Å². The van der Waals surface area contributed by atoms with Crippen molar-refractivity contribution in [1.29, 1.82) is 0 Å². The van der Waals surface area contributed by atoms with E-state index >= 15 is 0 Å². The molecule has 0 aromatic rings. The van der Waals surface area contributed by atoms with Gasteiger partial charge in [0.25, 0.3) is 0 Å². The number of hydrogen-bond donors (Lipinski definition) is 4. The Bertz CT molecular complexity index is 189. The molecule has 0 aliphatic heterocycles. The van der Waals surface area contributed by atoms with Gasteiger partial charge in [0.2, 0.25) is 0 Å². The van der Waals surface area contributed by atoms with Crippen LogP contribution in [-0.2, 0) is 14.2 Å². The predicted octanol–water partition coefficient (Wildman–Crippen LogP) is -1.48. The molecule has 0 heterocycles. The Morgan fingerprint density at radius 2 is 1.58 bits per heavy atom. The average Bonchev–Trinajstić information content (AvgIpc) is 2.37. The van der Waals surface area contributed by atoms with E-state index in [1.165, 1.54) is 0 Å². The van der Waals surface area contributed by atoms with Gasteiger partial charge in [0.15, 0.2) is 0 Å². The molecule has 0 bridgehead atoms. The molecule has 4 N–H and O–H groups in total. The van der Waals surface area contributed by atoms with Crippen molar-refractivity contribution in [1.82, 2.24) is 0 Å². The molecular weight excluding hydrogens is 256 g/mol. The molecule has 0 aliphatic carbocycles. The Morgan fingerprint density at radius 3 is 2.11 bits per heavy atom. The normalized spacial score (nSPS) is 16.3. The van der Waals surface area contributed by atoms with E-state index in [-0.39, 0.29) is 45.7 Å². The molecule has 19 heavy (non-hydrogen) atoms. The van der Waals surface area contributed by atoms with Crippen LogP contribution in [0.5, 0.6) is 0 Å². The predicted molar refractivity (Wildman–Crippen MR) is 67.9 cm³/mol. The minimum atomic E-state index is -0.906. The van der Waals surface area contributed by atoms with Gasteiger partial charge in [-0.3, -0.25) is 0 Å². The summed E-state index contributed by atoms with van der Waals surface area (Å²) in [4.78, 5) is 0. The minimum Gasteiger partial charge on any atom is -0.396 e. The fraction of sp³-hybridized carbons (Fsp3) is 1.00. The average molecular weight is 282 g/mol. The number of rotatable bonds is 13. The molecule has 7 heteroatoms. The van der Waals surface area contributed by atoms with E-state index in [0.717, 1.165) is 0 Å². The van der Waals surface area contributed by atoms with Gasteiger partial charge in [-0.05, 0) is 13.3 Å². The smallest absolute Gasteiger partial charge is 0.104 e. The van der Waals surface area contributed by atoms with E-state index in [0.29, 0.717) is 13.0 Å². The van der Waals surface area contributed by atoms with Crippen LogP contribution in [-0.4, -0.2) is 85.0 Å². The molecule has 7 nitrogen and oxygen atoms in total. The van der Waals surface area contributed by atoms with Crippen molar-refractivity contribution < 1.29 is 34.6 Å². The maximum absolute atomic E-state index is 9.12. The van der Waals surface area contributed by atoms with Crippen molar-refractivity contribution >= 4 is 0 Å². The largest absolute Gasteiger partial charge is 0.396 e. The lowest BCUT2D eigenvalue weighted by Crippen LogP contribution is -2.30. The summed E-state index contributed by atoms with van der Waals surface area (Å²) in [6.45, 7) is 2.39. The molecule has 0 saturated heterocycles. The van der Waals surface area contributed by atoms with Crippen molar-refractivity contribution in [2.24, 2.45) is 0 Å². The molecule has 0 radical (unpaired) electrons. The van der Waals surface area contributed by atoms with E-state index in [9.17, 15) is 0 Å². The van der Waals surface area contributed by atoms with Crippen LogP contribution in [0.1, 0.15) is 13.3 Å². The zero-order chi connectivity index (χ0) is 14.5. The highest BCUT2D eigenvalue weighted by molar-refractivity contribution is 4.58. The lowest BCUT2D eigenvalue weighted by Gasteiger charge is -2.19. The van der Waals surface area contributed by atoms with Crippen molar-refractivity contribution in [3.8, 4) is 0 Å². The van der Waals surface area contributed by atoms with Gasteiger partial charge in [0.1, 0.15) is 12.2 Å². The van der Waals surface area contributed by atoms with Crippen LogP contribution < -0.4 is 0 Å². The molecule has 116 valence electrons. The molecule has 0 saturated carbocycles. The van der Waals surface area contributed by atoms with Crippen molar-refractivity contribution in [2.75, 3.05) is 46.2 Å². The summed E-state index contributed by atoms with van der Waals surface area (Å²) >= 11 is 0. The van der Waals surface area contributed by atoms with E-state index < -0.39 is 12.2 Å². The van der Waals surface area contributed by atoms with Gasteiger partial charge in [-0.2, -0.15) is 0 Å². The minimum absolute atomic E-state index is 0.0206. The maximum Gasteiger partial charge on any atom is 0.104 e. The zero-order valence-corrected chi connectivity index (χ0v) is 11.4. The molecule has 0 amide bonds. The second-order valence-corrected chi connectivity index (χ2v) is 4.33. The van der Waals surface area contributed by atoms with Crippen LogP contribution in [0, 0.1) is 0 Å².